The third kappa shape index (κ3) is 4.55. The average molecular weight is 415 g/mol. The van der Waals surface area contributed by atoms with Gasteiger partial charge in [-0.25, -0.2) is 0 Å². The molecule has 0 fully saturated rings. The number of carbonyl (C=O) groups is 1. The Morgan fingerprint density at radius 1 is 1.12 bits per heavy atom. The van der Waals surface area contributed by atoms with E-state index in [4.69, 9.17) is 25.8 Å². The molecule has 0 saturated heterocycles. The molecule has 0 aliphatic carbocycles. The summed E-state index contributed by atoms with van der Waals surface area (Å²) in [5.74, 6) is 1.18. The van der Waals surface area contributed by atoms with Crippen LogP contribution in [0.3, 0.4) is 0 Å². The van der Waals surface area contributed by atoms with Crippen LogP contribution in [-0.4, -0.2) is 26.2 Å². The van der Waals surface area contributed by atoms with Gasteiger partial charge < -0.3 is 19.5 Å². The first-order chi connectivity index (χ1) is 11.4. The summed E-state index contributed by atoms with van der Waals surface area (Å²) in [6.45, 7) is 1.66. The molecule has 0 aliphatic heterocycles. The fraction of sp³-hybridized carbons (Fsp3) is 0.235. The smallest absolute Gasteiger partial charge is 0.265 e. The van der Waals surface area contributed by atoms with Crippen molar-refractivity contribution in [2.45, 2.75) is 13.0 Å². The number of benzene rings is 2. The second-order valence-corrected chi connectivity index (χ2v) is 6.21. The number of methoxy groups -OCH3 is 2. The van der Waals surface area contributed by atoms with Crippen molar-refractivity contribution < 1.29 is 19.0 Å². The molecule has 2 aromatic carbocycles. The number of hydrogen-bond acceptors (Lipinski definition) is 4. The largest absolute Gasteiger partial charge is 0.495 e. The van der Waals surface area contributed by atoms with E-state index in [1.54, 1.807) is 31.2 Å². The Morgan fingerprint density at radius 2 is 1.75 bits per heavy atom. The number of nitrogens with one attached hydrogen (secondary N) is 1. The van der Waals surface area contributed by atoms with Crippen molar-refractivity contribution in [2.75, 3.05) is 19.5 Å². The van der Waals surface area contributed by atoms with E-state index in [1.807, 2.05) is 12.1 Å². The van der Waals surface area contributed by atoms with E-state index in [2.05, 4.69) is 21.2 Å². The molecule has 0 saturated carbocycles. The summed E-state index contributed by atoms with van der Waals surface area (Å²) in [6, 6.07) is 10.4. The zero-order valence-electron chi connectivity index (χ0n) is 13.4. The molecular formula is C17H17BrClNO4. The molecular weight excluding hydrogens is 398 g/mol. The lowest BCUT2D eigenvalue weighted by molar-refractivity contribution is -0.122. The van der Waals surface area contributed by atoms with Gasteiger partial charge in [0.1, 0.15) is 17.2 Å². The van der Waals surface area contributed by atoms with Crippen LogP contribution in [0.5, 0.6) is 17.2 Å². The van der Waals surface area contributed by atoms with Crippen molar-refractivity contribution >= 4 is 39.1 Å². The van der Waals surface area contributed by atoms with Crippen LogP contribution >= 0.6 is 27.5 Å². The van der Waals surface area contributed by atoms with Crippen molar-refractivity contribution in [3.05, 3.63) is 45.9 Å². The van der Waals surface area contributed by atoms with Gasteiger partial charge in [-0.3, -0.25) is 4.79 Å². The van der Waals surface area contributed by atoms with Gasteiger partial charge in [0, 0.05) is 10.5 Å². The van der Waals surface area contributed by atoms with Gasteiger partial charge in [0.25, 0.3) is 5.91 Å². The normalized spacial score (nSPS) is 11.5. The first kappa shape index (κ1) is 18.4. The van der Waals surface area contributed by atoms with Crippen LogP contribution in [0.2, 0.25) is 5.02 Å². The lowest BCUT2D eigenvalue weighted by Crippen LogP contribution is -2.30. The van der Waals surface area contributed by atoms with Crippen molar-refractivity contribution in [1.82, 2.24) is 0 Å². The molecule has 0 heterocycles. The van der Waals surface area contributed by atoms with Crippen LogP contribution < -0.4 is 19.5 Å². The van der Waals surface area contributed by atoms with Crippen LogP contribution in [0, 0.1) is 0 Å². The van der Waals surface area contributed by atoms with Crippen LogP contribution in [0.1, 0.15) is 6.92 Å². The molecule has 5 nitrogen and oxygen atoms in total. The zero-order chi connectivity index (χ0) is 17.7. The lowest BCUT2D eigenvalue weighted by atomic mass is 10.2. The summed E-state index contributed by atoms with van der Waals surface area (Å²) in [5, 5.41) is 3.12. The molecule has 24 heavy (non-hydrogen) atoms. The first-order valence-corrected chi connectivity index (χ1v) is 8.26. The van der Waals surface area contributed by atoms with Gasteiger partial charge in [-0.1, -0.05) is 27.5 Å². The molecule has 7 heteroatoms. The minimum Gasteiger partial charge on any atom is -0.495 e. The van der Waals surface area contributed by atoms with Gasteiger partial charge in [-0.2, -0.15) is 0 Å². The Labute approximate surface area is 154 Å². The highest BCUT2D eigenvalue weighted by atomic mass is 79.9. The highest BCUT2D eigenvalue weighted by Crippen LogP contribution is 2.36. The number of amides is 1. The first-order valence-electron chi connectivity index (χ1n) is 7.09. The SMILES string of the molecule is COc1cc(OC)c(NC(=O)[C@@H](C)Oc2ccc(Br)cc2)cc1Cl. The maximum absolute atomic E-state index is 12.3. The molecule has 0 radical (unpaired) electrons. The van der Waals surface area contributed by atoms with Crippen LogP contribution in [0.4, 0.5) is 5.69 Å². The second kappa shape index (κ2) is 8.26. The number of anilines is 1. The summed E-state index contributed by atoms with van der Waals surface area (Å²) in [7, 11) is 3.01. The van der Waals surface area contributed by atoms with Gasteiger partial charge in [-0.15, -0.1) is 0 Å². The fourth-order valence-electron chi connectivity index (χ4n) is 1.96. The van der Waals surface area contributed by atoms with Crippen molar-refractivity contribution in [3.63, 3.8) is 0 Å². The number of ether oxygens (including phenoxy) is 3. The molecule has 0 aliphatic rings. The highest BCUT2D eigenvalue weighted by molar-refractivity contribution is 9.10. The Kier molecular flexibility index (Phi) is 6.34. The van der Waals surface area contributed by atoms with Gasteiger partial charge in [0.05, 0.1) is 24.9 Å². The van der Waals surface area contributed by atoms with Crippen molar-refractivity contribution in [3.8, 4) is 17.2 Å². The summed E-state index contributed by atoms with van der Waals surface area (Å²) < 4.78 is 16.9. The fourth-order valence-corrected chi connectivity index (χ4v) is 2.47. The van der Waals surface area contributed by atoms with Crippen LogP contribution in [0.25, 0.3) is 0 Å². The second-order valence-electron chi connectivity index (χ2n) is 4.89. The average Bonchev–Trinajstić information content (AvgIpc) is 2.57. The van der Waals surface area contributed by atoms with E-state index in [-0.39, 0.29) is 5.91 Å². The third-order valence-corrected chi connectivity index (χ3v) is 4.05. The molecule has 2 rings (SSSR count). The molecule has 0 unspecified atom stereocenters. The van der Waals surface area contributed by atoms with Crippen LogP contribution in [0.15, 0.2) is 40.9 Å². The van der Waals surface area contributed by atoms with Crippen molar-refractivity contribution in [1.29, 1.82) is 0 Å². The molecule has 128 valence electrons. The van der Waals surface area contributed by atoms with Gasteiger partial charge in [0.2, 0.25) is 0 Å². The number of rotatable bonds is 6. The van der Waals surface area contributed by atoms with E-state index in [0.29, 0.717) is 28.0 Å². The molecule has 0 aromatic heterocycles. The number of hydrogen-bond donors (Lipinski definition) is 1. The van der Waals surface area contributed by atoms with Gasteiger partial charge in [0.15, 0.2) is 6.10 Å². The summed E-state index contributed by atoms with van der Waals surface area (Å²) >= 11 is 9.45. The van der Waals surface area contributed by atoms with Gasteiger partial charge in [-0.05, 0) is 37.3 Å². The minimum atomic E-state index is -0.697. The summed E-state index contributed by atoms with van der Waals surface area (Å²) in [5.41, 5.74) is 0.444. The Hall–Kier alpha value is -1.92. The zero-order valence-corrected chi connectivity index (χ0v) is 15.8. The number of halogens is 2. The maximum Gasteiger partial charge on any atom is 0.265 e. The quantitative estimate of drug-likeness (QED) is 0.755. The standard InChI is InChI=1S/C17H17BrClNO4/c1-10(24-12-6-4-11(18)5-7-12)17(21)20-14-8-13(19)15(22-2)9-16(14)23-3/h4-10H,1-3H3,(H,20,21)/t10-/m1/s1. The molecule has 0 spiro atoms. The van der Waals surface area contributed by atoms with E-state index in [9.17, 15) is 4.79 Å². The van der Waals surface area contributed by atoms with E-state index < -0.39 is 6.10 Å². The Bertz CT molecular complexity index is 721. The highest BCUT2D eigenvalue weighted by Gasteiger charge is 2.18. The summed E-state index contributed by atoms with van der Waals surface area (Å²) in [6.07, 6.45) is -0.697. The predicted octanol–water partition coefficient (Wildman–Crippen LogP) is 4.53. The Balaban J connectivity index is 2.10. The maximum atomic E-state index is 12.3. The van der Waals surface area contributed by atoms with E-state index in [1.165, 1.54) is 14.2 Å². The molecule has 2 aromatic rings. The van der Waals surface area contributed by atoms with E-state index in [0.717, 1.165) is 4.47 Å². The third-order valence-electron chi connectivity index (χ3n) is 3.23. The summed E-state index contributed by atoms with van der Waals surface area (Å²) in [4.78, 5) is 12.3. The molecule has 1 amide bonds. The van der Waals surface area contributed by atoms with E-state index >= 15 is 0 Å². The molecule has 1 N–H and O–H groups in total. The topological polar surface area (TPSA) is 56.8 Å². The minimum absolute atomic E-state index is 0.322. The van der Waals surface area contributed by atoms with Crippen LogP contribution in [-0.2, 0) is 4.79 Å². The molecule has 1 atom stereocenters. The van der Waals surface area contributed by atoms with Gasteiger partial charge >= 0.3 is 0 Å². The monoisotopic (exact) mass is 413 g/mol. The number of carbonyl (C=O) groups excluding carboxylic acids is 1. The predicted molar refractivity (Wildman–Crippen MR) is 97.4 cm³/mol. The lowest BCUT2D eigenvalue weighted by Gasteiger charge is -2.17. The van der Waals surface area contributed by atoms with Crippen molar-refractivity contribution in [2.24, 2.45) is 0 Å². The molecule has 0 bridgehead atoms. The Morgan fingerprint density at radius 3 is 2.33 bits per heavy atom.